The van der Waals surface area contributed by atoms with E-state index >= 15 is 0 Å². The Bertz CT molecular complexity index is 4840. The van der Waals surface area contributed by atoms with Crippen LogP contribution in [0.25, 0.3) is 55.6 Å². The van der Waals surface area contributed by atoms with Gasteiger partial charge in [0, 0.05) is 25.0 Å². The molecule has 2 heterocycles. The van der Waals surface area contributed by atoms with E-state index in [0.717, 1.165) is 15.0 Å². The topological polar surface area (TPSA) is 12.5 Å². The summed E-state index contributed by atoms with van der Waals surface area (Å²) in [6, 6.07) is 146. The van der Waals surface area contributed by atoms with E-state index < -0.39 is 42.7 Å². The molecule has 2 nitrogen and oxygen atoms in total. The SMILES string of the molecule is CB(C)c1c(-c2ccccc2)cccc1-c1ccccc1.CC(C)(c1ccccc1)c1ccccc1.CC1(C)c2ccccc2-c2ccccc21.CN(C)C.COC.CSC.C[Se]C.C[Si](C)(c1ccccc1)c1ccccc1.C[Si]1(C)c2ccccc2-c2ccccc21.[CH3][Ge]([CH3])([c]1ccccc1)[c]1ccccc1.[CH3][Ge]1([CH3])[c]2ccccc2-c2cccc[c]21. The number of methoxy groups -OCH3 is 1. The molecule has 0 saturated carbocycles. The van der Waals surface area contributed by atoms with Crippen LogP contribution in [0.4, 0.5) is 0 Å². The molecule has 15 aromatic rings. The monoisotopic (exact) mass is 1870 g/mol. The fourth-order valence-electron chi connectivity index (χ4n) is 16.6. The van der Waals surface area contributed by atoms with Gasteiger partial charge in [-0.2, -0.15) is 11.8 Å². The number of thioether (sulfide) groups is 1. The number of benzene rings is 15. The van der Waals surface area contributed by atoms with E-state index in [9.17, 15) is 0 Å². The van der Waals surface area contributed by atoms with Crippen LogP contribution in [0.3, 0.4) is 0 Å². The molecule has 0 saturated heterocycles. The van der Waals surface area contributed by atoms with Crippen LogP contribution in [0.1, 0.15) is 49.9 Å². The third kappa shape index (κ3) is 26.4. The Morgan fingerprint density at radius 2 is 0.621 bits per heavy atom. The average molecular weight is 1870 g/mol. The van der Waals surface area contributed by atoms with Crippen molar-refractivity contribution in [2.45, 2.75) is 113 Å². The van der Waals surface area contributed by atoms with E-state index in [1.54, 1.807) is 53.9 Å². The van der Waals surface area contributed by atoms with Crippen molar-refractivity contribution in [2.75, 3.05) is 47.9 Å². The average Bonchev–Trinajstić information content (AvgIpc) is 1.60. The maximum atomic E-state index is 4.25. The van der Waals surface area contributed by atoms with Crippen molar-refractivity contribution in [3.63, 3.8) is 0 Å². The van der Waals surface area contributed by atoms with Crippen LogP contribution in [0.2, 0.25) is 74.5 Å². The van der Waals surface area contributed by atoms with Gasteiger partial charge in [-0.15, -0.1) is 0 Å². The first-order chi connectivity index (χ1) is 59.5. The number of fused-ring (bicyclic) bond motifs is 9. The van der Waals surface area contributed by atoms with Crippen molar-refractivity contribution < 1.29 is 4.74 Å². The molecule has 2 aliphatic heterocycles. The summed E-state index contributed by atoms with van der Waals surface area (Å²) in [5.41, 5.74) is 21.2. The van der Waals surface area contributed by atoms with Gasteiger partial charge in [0.15, 0.2) is 6.71 Å². The summed E-state index contributed by atoms with van der Waals surface area (Å²) in [4.78, 5) is 2.00. The number of hydrogen-bond acceptors (Lipinski definition) is 3. The summed E-state index contributed by atoms with van der Waals surface area (Å²) in [7, 11) is 6.41. The van der Waals surface area contributed by atoms with Crippen LogP contribution in [-0.2, 0) is 15.6 Å². The molecule has 3 aliphatic rings. The van der Waals surface area contributed by atoms with E-state index in [0.29, 0.717) is 6.71 Å². The van der Waals surface area contributed by atoms with Crippen LogP contribution in [-0.4, -0.2) is 117 Å². The second-order valence-electron chi connectivity index (χ2n) is 35.4. The van der Waals surface area contributed by atoms with E-state index in [1.807, 2.05) is 38.6 Å². The van der Waals surface area contributed by atoms with Crippen molar-refractivity contribution >= 4 is 120 Å². The number of nitrogens with zero attached hydrogens (tertiary/aromatic N) is 1. The Kier molecular flexibility index (Phi) is 39.5. The van der Waals surface area contributed by atoms with Gasteiger partial charge in [-0.05, 0) is 111 Å². The van der Waals surface area contributed by atoms with Crippen molar-refractivity contribution in [1.29, 1.82) is 0 Å². The van der Waals surface area contributed by atoms with E-state index in [4.69, 9.17) is 0 Å². The third-order valence-electron chi connectivity index (χ3n) is 23.3. The van der Waals surface area contributed by atoms with Gasteiger partial charge in [-0.3, -0.25) is 0 Å². The molecule has 0 amide bonds. The minimum absolute atomic E-state index is 0.0858. The van der Waals surface area contributed by atoms with Crippen molar-refractivity contribution in [2.24, 2.45) is 0 Å². The summed E-state index contributed by atoms with van der Waals surface area (Å²) >= 11 is -1.29. The van der Waals surface area contributed by atoms with E-state index in [-0.39, 0.29) is 10.8 Å². The van der Waals surface area contributed by atoms with Crippen molar-refractivity contribution in [3.05, 3.63) is 429 Å². The molecule has 638 valence electrons. The Balaban J connectivity index is 0.000000176. The number of hydrogen-bond donors (Lipinski definition) is 0. The first kappa shape index (κ1) is 100. The van der Waals surface area contributed by atoms with Gasteiger partial charge in [0.2, 0.25) is 0 Å². The van der Waals surface area contributed by atoms with Gasteiger partial charge < -0.3 is 9.64 Å². The molecular weight excluding hydrogens is 1730 g/mol. The Morgan fingerprint density at radius 1 is 0.379 bits per heavy atom. The number of rotatable bonds is 9. The molecule has 15 aromatic carbocycles. The van der Waals surface area contributed by atoms with E-state index in [2.05, 4.69) is 513 Å². The summed E-state index contributed by atoms with van der Waals surface area (Å²) in [6.07, 6.45) is 4.08. The molecule has 1 aliphatic carbocycles. The second kappa shape index (κ2) is 49.0. The van der Waals surface area contributed by atoms with Gasteiger partial charge in [0.05, 0.1) is 0 Å². The Hall–Kier alpha value is -9.33. The standard InChI is InChI=1S/C20H19B.C15H14.C15H16.C14H14Ge.C14H16Ge.C14H14Si.C14H16Si.C3H9N.C2H6O.C2H6S.C2H6Se/c1-21(2)20-18(16-10-5-3-6-11-16)14-9-15-19(20)17-12-7-4-8-13-17;1-15(2)13-9-5-3-7-11(13)12-8-4-6-10-14(12)15;1-15(2,13-9-5-3-6-10-13)14-11-7-4-8-12-14;1-15(2)13-9-5-3-7-11(13)12-8-4-6-10-14(12)15;1-15(2,13-9-5-3-6-10-13)14-11-7-4-8-12-14;1-15(2)13-9-5-3-7-11(13)12-8-4-6-10-14(12)15;1-15(2,13-9-5-3-6-10-13)14-11-7-4-8-12-14;1-4(2)3;3*1-3-2/h3-15H,1-2H3;3-10H,1-2H3;3-12H,1-2H3;3-10H,1-2H3;3-12H,1-2H3;3-10H,1-2H3;3-12H,1-2H3;1-3H3;3*1-2H3. The molecule has 0 aromatic heterocycles. The van der Waals surface area contributed by atoms with Crippen LogP contribution in [0.15, 0.2) is 406 Å². The zero-order chi connectivity index (χ0) is 89.9. The number of ether oxygens (including phenoxy) is 1. The van der Waals surface area contributed by atoms with Crippen molar-refractivity contribution in [1.82, 2.24) is 4.90 Å². The normalized spacial score (nSPS) is 12.4. The first-order valence-corrected chi connectivity index (χ1v) is 67.1. The molecule has 0 spiro atoms. The van der Waals surface area contributed by atoms with Gasteiger partial charge in [-0.25, -0.2) is 0 Å². The molecular formula is C115H136BGe2NOSSeSi2. The van der Waals surface area contributed by atoms with Crippen molar-refractivity contribution in [3.8, 4) is 55.6 Å². The molecule has 0 bridgehead atoms. The first-order valence-electron chi connectivity index (χ1n) is 43.5. The predicted molar refractivity (Wildman–Crippen MR) is 569 cm³/mol. The molecule has 0 unspecified atom stereocenters. The van der Waals surface area contributed by atoms with Crippen LogP contribution in [0.5, 0.6) is 0 Å². The zero-order valence-electron chi connectivity index (χ0n) is 78.4. The maximum absolute atomic E-state index is 4.25. The summed E-state index contributed by atoms with van der Waals surface area (Å²) in [6.45, 7) is 23.8. The molecule has 0 atom stereocenters. The molecule has 0 N–H and O–H groups in total. The molecule has 9 heteroatoms. The van der Waals surface area contributed by atoms with Crippen LogP contribution >= 0.6 is 11.8 Å². The summed E-state index contributed by atoms with van der Waals surface area (Å²) in [5.74, 6) is 14.3. The van der Waals surface area contributed by atoms with Crippen LogP contribution in [0, 0.1) is 0 Å². The summed E-state index contributed by atoms with van der Waals surface area (Å²) < 4.78 is 10.6. The predicted octanol–water partition coefficient (Wildman–Crippen LogP) is 25.2. The minimum atomic E-state index is -2.00. The summed E-state index contributed by atoms with van der Waals surface area (Å²) in [5, 5.41) is 6.17. The van der Waals surface area contributed by atoms with Gasteiger partial charge in [0.25, 0.3) is 0 Å². The van der Waals surface area contributed by atoms with Gasteiger partial charge in [-0.1, -0.05) is 381 Å². The molecule has 0 radical (unpaired) electrons. The quantitative estimate of drug-likeness (QED) is 0.134. The van der Waals surface area contributed by atoms with Gasteiger partial charge in [0.1, 0.15) is 16.1 Å². The Morgan fingerprint density at radius 3 is 0.935 bits per heavy atom. The van der Waals surface area contributed by atoms with Crippen LogP contribution < -0.4 is 43.8 Å². The molecule has 124 heavy (non-hydrogen) atoms. The second-order valence-corrected chi connectivity index (χ2v) is 65.0. The van der Waals surface area contributed by atoms with E-state index in [1.165, 1.54) is 93.7 Å². The molecule has 18 rings (SSSR count). The third-order valence-corrected chi connectivity index (χ3v) is 45.4. The van der Waals surface area contributed by atoms with Gasteiger partial charge >= 0.3 is 214 Å². The molecule has 0 fully saturated rings. The fraction of sp³-hybridized carbons (Fsp3) is 0.217. The fourth-order valence-corrected chi connectivity index (χ4v) is 33.6. The Labute approximate surface area is 767 Å². The zero-order valence-corrected chi connectivity index (χ0v) is 87.2.